The molecule has 0 saturated heterocycles. The van der Waals surface area contributed by atoms with Gasteiger partial charge in [-0.1, -0.05) is 41.6 Å². The zero-order valence-corrected chi connectivity index (χ0v) is 18.3. The number of carbonyl (C=O) groups is 2. The molecule has 1 aliphatic heterocycles. The first-order valence-electron chi connectivity index (χ1n) is 9.39. The van der Waals surface area contributed by atoms with Gasteiger partial charge in [-0.05, 0) is 19.4 Å². The van der Waals surface area contributed by atoms with Gasteiger partial charge in [-0.25, -0.2) is 9.18 Å². The minimum Gasteiger partial charge on any atom is -0.467 e. The van der Waals surface area contributed by atoms with Gasteiger partial charge in [-0.2, -0.15) is 13.2 Å². The molecule has 168 valence electrons. The van der Waals surface area contributed by atoms with Gasteiger partial charge >= 0.3 is 12.1 Å². The molecule has 0 spiro atoms. The second-order valence-electron chi connectivity index (χ2n) is 7.76. The summed E-state index contributed by atoms with van der Waals surface area (Å²) in [6.45, 7) is 2.31. The lowest BCUT2D eigenvalue weighted by molar-refractivity contribution is -0.185. The molecular weight excluding hydrogens is 435 g/mol. The summed E-state index contributed by atoms with van der Waals surface area (Å²) in [5.74, 6) is 2.75. The number of carbonyl (C=O) groups excluding carboxylic acids is 2. The van der Waals surface area contributed by atoms with Crippen LogP contribution in [0.15, 0.2) is 24.3 Å². The van der Waals surface area contributed by atoms with Crippen molar-refractivity contribution < 1.29 is 31.9 Å². The van der Waals surface area contributed by atoms with E-state index in [2.05, 4.69) is 27.2 Å². The van der Waals surface area contributed by atoms with Crippen molar-refractivity contribution in [3.8, 4) is 11.8 Å². The third-order valence-electron chi connectivity index (χ3n) is 4.59. The highest BCUT2D eigenvalue weighted by molar-refractivity contribution is 8.00. The molecule has 0 aliphatic carbocycles. The number of benzene rings is 1. The normalized spacial score (nSPS) is 25.1. The lowest BCUT2D eigenvalue weighted by Crippen LogP contribution is -2.62. The zero-order chi connectivity index (χ0) is 23.4. The van der Waals surface area contributed by atoms with Gasteiger partial charge in [-0.3, -0.25) is 10.1 Å². The molecule has 2 rings (SSSR count). The van der Waals surface area contributed by atoms with E-state index < -0.39 is 47.1 Å². The van der Waals surface area contributed by atoms with Crippen molar-refractivity contribution in [2.75, 3.05) is 12.9 Å². The predicted molar refractivity (Wildman–Crippen MR) is 113 cm³/mol. The highest BCUT2D eigenvalue weighted by Crippen LogP contribution is 2.40. The molecule has 5 nitrogen and oxygen atoms in total. The number of hydrogen-bond donors (Lipinski definition) is 2. The van der Waals surface area contributed by atoms with Crippen molar-refractivity contribution in [3.05, 3.63) is 29.8 Å². The Labute approximate surface area is 183 Å². The summed E-state index contributed by atoms with van der Waals surface area (Å²) >= 11 is 0.816. The number of amides is 1. The van der Waals surface area contributed by atoms with Crippen molar-refractivity contribution in [1.82, 2.24) is 10.6 Å². The molecule has 1 aromatic carbocycles. The fraction of sp³-hybridized carbons (Fsp3) is 0.500. The highest BCUT2D eigenvalue weighted by atomic mass is 32.2. The maximum absolute atomic E-state index is 14.5. The number of esters is 1. The number of halogens is 4. The van der Waals surface area contributed by atoms with E-state index in [1.165, 1.54) is 24.3 Å². The number of alkyl halides is 4. The van der Waals surface area contributed by atoms with E-state index in [0.717, 1.165) is 38.2 Å². The average Bonchev–Trinajstić information content (AvgIpc) is 2.66. The molecule has 0 bridgehead atoms. The van der Waals surface area contributed by atoms with Crippen LogP contribution in [0.2, 0.25) is 0 Å². The van der Waals surface area contributed by atoms with Crippen LogP contribution in [0.5, 0.6) is 0 Å². The number of nitrogens with one attached hydrogen (secondary N) is 2. The summed E-state index contributed by atoms with van der Waals surface area (Å²) in [6.07, 6.45) is -5.51. The predicted octanol–water partition coefficient (Wildman–Crippen LogP) is 1.16. The van der Waals surface area contributed by atoms with Gasteiger partial charge in [0, 0.05) is 6.42 Å². The second-order valence-corrected chi connectivity index (χ2v) is 8.85. The molecule has 0 saturated carbocycles. The molecule has 0 fully saturated rings. The molecule has 1 unspecified atom stereocenters. The zero-order valence-electron chi connectivity index (χ0n) is 17.5. The minimum atomic E-state index is -4.93. The Morgan fingerprint density at radius 1 is 1.29 bits per heavy atom. The van der Waals surface area contributed by atoms with Gasteiger partial charge in [0.25, 0.3) is 0 Å². The summed E-state index contributed by atoms with van der Waals surface area (Å²) < 4.78 is 62.4. The van der Waals surface area contributed by atoms with Crippen molar-refractivity contribution >= 4 is 36.9 Å². The largest absolute Gasteiger partial charge is 0.467 e. The number of methoxy groups -OCH3 is 1. The number of hydrogen-bond acceptors (Lipinski definition) is 5. The molecule has 0 radical (unpaired) electrons. The maximum atomic E-state index is 14.5. The number of thioether (sulfide) groups is 1. The molecule has 1 aromatic rings. The maximum Gasteiger partial charge on any atom is 0.422 e. The molecule has 11 heteroatoms. The quantitative estimate of drug-likeness (QED) is 0.307. The molecule has 2 N–H and O–H groups in total. The number of rotatable bonds is 4. The van der Waals surface area contributed by atoms with E-state index in [-0.39, 0.29) is 11.3 Å². The smallest absolute Gasteiger partial charge is 0.422 e. The first-order chi connectivity index (χ1) is 14.3. The van der Waals surface area contributed by atoms with Crippen LogP contribution < -0.4 is 16.1 Å². The molecule has 3 atom stereocenters. The van der Waals surface area contributed by atoms with Crippen LogP contribution >= 0.6 is 11.8 Å². The van der Waals surface area contributed by atoms with E-state index in [1.807, 2.05) is 0 Å². The van der Waals surface area contributed by atoms with Gasteiger partial charge in [0.15, 0.2) is 5.37 Å². The van der Waals surface area contributed by atoms with Gasteiger partial charge in [0.2, 0.25) is 11.4 Å². The van der Waals surface area contributed by atoms with Crippen LogP contribution in [0.25, 0.3) is 0 Å². The first-order valence-corrected chi connectivity index (χ1v) is 10.4. The van der Waals surface area contributed by atoms with E-state index in [4.69, 9.17) is 0 Å². The Morgan fingerprint density at radius 2 is 1.90 bits per heavy atom. The molecular formula is C20H23BF4N2O3S. The summed E-state index contributed by atoms with van der Waals surface area (Å²) in [5.41, 5.74) is -4.37. The lowest BCUT2D eigenvalue weighted by Gasteiger charge is -2.37. The van der Waals surface area contributed by atoms with Crippen molar-refractivity contribution in [1.29, 1.82) is 0 Å². The summed E-state index contributed by atoms with van der Waals surface area (Å²) in [6, 6.07) is 3.91. The van der Waals surface area contributed by atoms with E-state index in [1.54, 1.807) is 7.85 Å². The van der Waals surface area contributed by atoms with E-state index in [0.29, 0.717) is 0 Å². The Kier molecular flexibility index (Phi) is 7.71. The van der Waals surface area contributed by atoms with Gasteiger partial charge in [0.05, 0.1) is 18.9 Å². The van der Waals surface area contributed by atoms with Gasteiger partial charge in [0.1, 0.15) is 13.5 Å². The Hall–Kier alpha value is -2.19. The Balaban J connectivity index is 2.65. The molecule has 31 heavy (non-hydrogen) atoms. The molecule has 0 aromatic heterocycles. The molecule has 1 amide bonds. The van der Waals surface area contributed by atoms with Crippen LogP contribution in [0.1, 0.15) is 25.8 Å². The van der Waals surface area contributed by atoms with Gasteiger partial charge in [-0.15, -0.1) is 11.8 Å². The van der Waals surface area contributed by atoms with Crippen molar-refractivity contribution in [2.24, 2.45) is 0 Å². The lowest BCUT2D eigenvalue weighted by atomic mass is 9.84. The first kappa shape index (κ1) is 25.1. The fourth-order valence-corrected chi connectivity index (χ4v) is 3.82. The fourth-order valence-electron chi connectivity index (χ4n) is 3.07. The van der Waals surface area contributed by atoms with Crippen molar-refractivity contribution in [2.45, 2.75) is 49.1 Å². The van der Waals surface area contributed by atoms with Crippen LogP contribution in [-0.4, -0.2) is 55.8 Å². The average molecular weight is 458 g/mol. The van der Waals surface area contributed by atoms with Crippen LogP contribution in [-0.2, 0) is 19.9 Å². The number of ether oxygens (including phenoxy) is 1. The minimum absolute atomic E-state index is 0.176. The van der Waals surface area contributed by atoms with Crippen LogP contribution in [0.3, 0.4) is 0 Å². The summed E-state index contributed by atoms with van der Waals surface area (Å²) in [7, 11) is 2.84. The Morgan fingerprint density at radius 3 is 2.42 bits per heavy atom. The third kappa shape index (κ3) is 6.17. The highest BCUT2D eigenvalue weighted by Gasteiger charge is 2.57. The summed E-state index contributed by atoms with van der Waals surface area (Å²) in [5, 5.41) is 3.45. The summed E-state index contributed by atoms with van der Waals surface area (Å²) in [4.78, 5) is 24.8. The SMILES string of the molecule is Bc1ccc([C@]2(C(F)(F)F)C#CCSC(C(=O)OC)NC(=O)[C@H](CC(C)(C)F)N2)cc1. The third-order valence-corrected chi connectivity index (χ3v) is 5.55. The topological polar surface area (TPSA) is 67.4 Å². The second kappa shape index (κ2) is 9.53. The van der Waals surface area contributed by atoms with Crippen LogP contribution in [0, 0.1) is 11.8 Å². The van der Waals surface area contributed by atoms with Crippen LogP contribution in [0.4, 0.5) is 17.6 Å². The Bertz CT molecular complexity index is 878. The van der Waals surface area contributed by atoms with Gasteiger partial charge < -0.3 is 10.1 Å². The van der Waals surface area contributed by atoms with E-state index >= 15 is 0 Å². The molecule has 1 heterocycles. The monoisotopic (exact) mass is 458 g/mol. The standard InChI is InChI=1S/C20H23BF4N2O3S/c1-18(2,22)11-14-15(28)26-16(17(29)30-3)31-10-4-9-19(27-14,20(23,24)25)12-5-7-13(21)8-6-12/h5-8,14,16,27H,10-11,21H2,1-3H3,(H,26,28)/t14-,16?,19-/m0/s1. The molecule has 1 aliphatic rings. The van der Waals surface area contributed by atoms with E-state index in [9.17, 15) is 27.2 Å². The van der Waals surface area contributed by atoms with Crippen molar-refractivity contribution in [3.63, 3.8) is 0 Å².